The molecule has 2 fully saturated rings. The highest BCUT2D eigenvalue weighted by Gasteiger charge is 2.70. The first-order valence-electron chi connectivity index (χ1n) is 9.79. The standard InChI is InChI=1S/C22H19ClFN3O3/c1-10(2)18-16-17(22(26-18)12-5-3-4-6-15(12)25-21(22)30)20(29)27(19(16)28)11-7-8-14(24)13(23)9-11/h3-10,16-18,26H,1-2H3,(H,25,30). The Kier molecular flexibility index (Phi) is 4.07. The summed E-state index contributed by atoms with van der Waals surface area (Å²) in [5.74, 6) is -3.53. The van der Waals surface area contributed by atoms with Crippen LogP contribution in [0.3, 0.4) is 0 Å². The van der Waals surface area contributed by atoms with E-state index < -0.39 is 35.0 Å². The van der Waals surface area contributed by atoms with Crippen molar-refractivity contribution in [2.75, 3.05) is 10.2 Å². The molecule has 0 saturated carbocycles. The summed E-state index contributed by atoms with van der Waals surface area (Å²) in [4.78, 5) is 41.4. The number of carbonyl (C=O) groups is 3. The lowest BCUT2D eigenvalue weighted by Crippen LogP contribution is -2.54. The van der Waals surface area contributed by atoms with Crippen LogP contribution in [0.5, 0.6) is 0 Å². The van der Waals surface area contributed by atoms with Gasteiger partial charge in [-0.05, 0) is 30.2 Å². The van der Waals surface area contributed by atoms with Gasteiger partial charge in [-0.25, -0.2) is 9.29 Å². The summed E-state index contributed by atoms with van der Waals surface area (Å²) in [5.41, 5.74) is 0.159. The third-order valence-electron chi connectivity index (χ3n) is 6.44. The van der Waals surface area contributed by atoms with Crippen molar-refractivity contribution in [1.29, 1.82) is 0 Å². The first-order chi connectivity index (χ1) is 14.3. The number of carbonyl (C=O) groups excluding carboxylic acids is 3. The van der Waals surface area contributed by atoms with E-state index in [-0.39, 0.29) is 28.6 Å². The van der Waals surface area contributed by atoms with Crippen LogP contribution in [0.4, 0.5) is 15.8 Å². The number of para-hydroxylation sites is 1. The number of anilines is 2. The molecule has 0 aliphatic carbocycles. The molecule has 2 aromatic carbocycles. The van der Waals surface area contributed by atoms with Crippen LogP contribution in [0.25, 0.3) is 0 Å². The van der Waals surface area contributed by atoms with Crippen LogP contribution < -0.4 is 15.5 Å². The van der Waals surface area contributed by atoms with Crippen LogP contribution >= 0.6 is 11.6 Å². The lowest BCUT2D eigenvalue weighted by molar-refractivity contribution is -0.130. The van der Waals surface area contributed by atoms with Crippen LogP contribution in [-0.2, 0) is 19.9 Å². The van der Waals surface area contributed by atoms with Crippen LogP contribution in [0.15, 0.2) is 42.5 Å². The highest BCUT2D eigenvalue weighted by Crippen LogP contribution is 2.54. The van der Waals surface area contributed by atoms with Gasteiger partial charge in [-0.3, -0.25) is 19.7 Å². The molecule has 30 heavy (non-hydrogen) atoms. The van der Waals surface area contributed by atoms with Gasteiger partial charge in [0.05, 0.1) is 22.5 Å². The van der Waals surface area contributed by atoms with Gasteiger partial charge in [0, 0.05) is 17.3 Å². The Morgan fingerprint density at radius 3 is 2.53 bits per heavy atom. The Morgan fingerprint density at radius 1 is 1.10 bits per heavy atom. The Balaban J connectivity index is 1.68. The van der Waals surface area contributed by atoms with E-state index in [1.54, 1.807) is 24.3 Å². The highest BCUT2D eigenvalue weighted by molar-refractivity contribution is 6.32. The molecule has 2 N–H and O–H groups in total. The summed E-state index contributed by atoms with van der Waals surface area (Å²) in [6.07, 6.45) is 0. The van der Waals surface area contributed by atoms with E-state index >= 15 is 0 Å². The SMILES string of the molecule is CC(C)C1NC2(C(=O)Nc3ccccc32)C2C(=O)N(c3ccc(F)c(Cl)c3)C(=O)C12. The van der Waals surface area contributed by atoms with Crippen LogP contribution in [0, 0.1) is 23.6 Å². The molecular weight excluding hydrogens is 409 g/mol. The predicted octanol–water partition coefficient (Wildman–Crippen LogP) is 3.06. The zero-order valence-corrected chi connectivity index (χ0v) is 17.0. The van der Waals surface area contributed by atoms with E-state index in [1.165, 1.54) is 12.1 Å². The number of fused-ring (bicyclic) bond motifs is 4. The summed E-state index contributed by atoms with van der Waals surface area (Å²) in [6, 6.07) is 10.5. The summed E-state index contributed by atoms with van der Waals surface area (Å²) in [7, 11) is 0. The third kappa shape index (κ3) is 2.30. The minimum Gasteiger partial charge on any atom is -0.324 e. The Hall–Kier alpha value is -2.77. The molecule has 5 rings (SSSR count). The molecule has 2 aromatic rings. The predicted molar refractivity (Wildman–Crippen MR) is 109 cm³/mol. The second-order valence-corrected chi connectivity index (χ2v) is 8.74. The number of imide groups is 1. The molecule has 4 unspecified atom stereocenters. The monoisotopic (exact) mass is 427 g/mol. The van der Waals surface area contributed by atoms with Gasteiger partial charge in [0.25, 0.3) is 0 Å². The number of benzene rings is 2. The van der Waals surface area contributed by atoms with E-state index in [0.29, 0.717) is 11.3 Å². The number of halogens is 2. The number of amides is 3. The van der Waals surface area contributed by atoms with Gasteiger partial charge in [-0.1, -0.05) is 43.6 Å². The second kappa shape index (κ2) is 6.36. The van der Waals surface area contributed by atoms with Gasteiger partial charge in [0.2, 0.25) is 17.7 Å². The molecule has 3 aliphatic heterocycles. The van der Waals surface area contributed by atoms with Crippen molar-refractivity contribution in [3.63, 3.8) is 0 Å². The van der Waals surface area contributed by atoms with Crippen molar-refractivity contribution in [3.05, 3.63) is 58.9 Å². The zero-order chi connectivity index (χ0) is 21.4. The minimum absolute atomic E-state index is 0.00839. The Morgan fingerprint density at radius 2 is 1.83 bits per heavy atom. The number of hydrogen-bond donors (Lipinski definition) is 2. The van der Waals surface area contributed by atoms with Gasteiger partial charge in [0.15, 0.2) is 0 Å². The molecule has 0 radical (unpaired) electrons. The summed E-state index contributed by atoms with van der Waals surface area (Å²) in [5, 5.41) is 6.04. The molecule has 2 saturated heterocycles. The summed E-state index contributed by atoms with van der Waals surface area (Å²) in [6.45, 7) is 3.89. The fourth-order valence-corrected chi connectivity index (χ4v) is 5.32. The maximum atomic E-state index is 13.7. The van der Waals surface area contributed by atoms with Gasteiger partial charge in [0.1, 0.15) is 11.4 Å². The first kappa shape index (κ1) is 19.2. The van der Waals surface area contributed by atoms with Crippen LogP contribution in [-0.4, -0.2) is 23.8 Å². The number of rotatable bonds is 2. The van der Waals surface area contributed by atoms with Crippen LogP contribution in [0.2, 0.25) is 5.02 Å². The Labute approximate surface area is 177 Å². The number of nitrogens with one attached hydrogen (secondary N) is 2. The molecule has 0 bridgehead atoms. The second-order valence-electron chi connectivity index (χ2n) is 8.34. The van der Waals surface area contributed by atoms with Crippen molar-refractivity contribution in [2.45, 2.75) is 25.4 Å². The molecule has 3 aliphatic rings. The van der Waals surface area contributed by atoms with E-state index in [0.717, 1.165) is 11.0 Å². The summed E-state index contributed by atoms with van der Waals surface area (Å²) >= 11 is 5.90. The molecule has 3 heterocycles. The van der Waals surface area contributed by atoms with E-state index in [2.05, 4.69) is 10.6 Å². The van der Waals surface area contributed by atoms with Gasteiger partial charge >= 0.3 is 0 Å². The van der Waals surface area contributed by atoms with Crippen molar-refractivity contribution in [2.24, 2.45) is 17.8 Å². The number of nitrogens with zero attached hydrogens (tertiary/aromatic N) is 1. The van der Waals surface area contributed by atoms with Crippen molar-refractivity contribution in [3.8, 4) is 0 Å². The largest absolute Gasteiger partial charge is 0.324 e. The van der Waals surface area contributed by atoms with Crippen molar-refractivity contribution < 1.29 is 18.8 Å². The topological polar surface area (TPSA) is 78.5 Å². The smallest absolute Gasteiger partial charge is 0.250 e. The minimum atomic E-state index is -1.33. The number of hydrogen-bond acceptors (Lipinski definition) is 4. The molecule has 0 aromatic heterocycles. The molecule has 6 nitrogen and oxygen atoms in total. The molecule has 1 spiro atoms. The average Bonchev–Trinajstić information content (AvgIpc) is 3.30. The molecule has 3 amide bonds. The maximum Gasteiger partial charge on any atom is 0.250 e. The van der Waals surface area contributed by atoms with Crippen LogP contribution in [0.1, 0.15) is 19.4 Å². The molecule has 8 heteroatoms. The normalized spacial score (nSPS) is 29.7. The molecule has 154 valence electrons. The average molecular weight is 428 g/mol. The van der Waals surface area contributed by atoms with Crippen molar-refractivity contribution >= 4 is 40.7 Å². The van der Waals surface area contributed by atoms with E-state index in [4.69, 9.17) is 11.6 Å². The van der Waals surface area contributed by atoms with Gasteiger partial charge in [-0.2, -0.15) is 0 Å². The fraction of sp³-hybridized carbons (Fsp3) is 0.318. The van der Waals surface area contributed by atoms with Crippen molar-refractivity contribution in [1.82, 2.24) is 5.32 Å². The van der Waals surface area contributed by atoms with Gasteiger partial charge < -0.3 is 5.32 Å². The maximum absolute atomic E-state index is 13.7. The summed E-state index contributed by atoms with van der Waals surface area (Å²) < 4.78 is 13.7. The van der Waals surface area contributed by atoms with Gasteiger partial charge in [-0.15, -0.1) is 0 Å². The lowest BCUT2D eigenvalue weighted by atomic mass is 9.76. The Bertz CT molecular complexity index is 1120. The fourth-order valence-electron chi connectivity index (χ4n) is 5.14. The highest BCUT2D eigenvalue weighted by atomic mass is 35.5. The van der Waals surface area contributed by atoms with E-state index in [9.17, 15) is 18.8 Å². The first-order valence-corrected chi connectivity index (χ1v) is 10.2. The molecular formula is C22H19ClFN3O3. The van der Waals surface area contributed by atoms with E-state index in [1.807, 2.05) is 13.8 Å². The third-order valence-corrected chi connectivity index (χ3v) is 6.73. The zero-order valence-electron chi connectivity index (χ0n) is 16.3. The quantitative estimate of drug-likeness (QED) is 0.722. The molecule has 4 atom stereocenters. The lowest BCUT2D eigenvalue weighted by Gasteiger charge is -2.30.